The number of hydrogen-bond donors (Lipinski definition) is 0. The molecule has 5 rings (SSSR count). The van der Waals surface area contributed by atoms with Gasteiger partial charge in [-0.15, -0.1) is 0 Å². The number of benzene rings is 2. The van der Waals surface area contributed by atoms with Gasteiger partial charge < -0.3 is 24.8 Å². The van der Waals surface area contributed by atoms with Crippen molar-refractivity contribution in [2.45, 2.75) is 103 Å². The molecule has 0 aliphatic heterocycles. The first kappa shape index (κ1) is 29.9. The third-order valence-corrected chi connectivity index (χ3v) is 9.76. The van der Waals surface area contributed by atoms with Crippen molar-refractivity contribution >= 4 is 5.57 Å². The zero-order valence-electron chi connectivity index (χ0n) is 23.8. The smallest absolute Gasteiger partial charge is 1.00 e. The van der Waals surface area contributed by atoms with Crippen LogP contribution in [0.5, 0.6) is 0 Å². The van der Waals surface area contributed by atoms with E-state index in [1.807, 2.05) is 0 Å². The predicted octanol–water partition coefficient (Wildman–Crippen LogP) is 3.15. The van der Waals surface area contributed by atoms with E-state index in [1.54, 1.807) is 74.8 Å². The Hall–Kier alpha value is -0.617. The normalized spacial score (nSPS) is 18.6. The minimum Gasteiger partial charge on any atom is -1.00 e. The van der Waals surface area contributed by atoms with Crippen molar-refractivity contribution in [3.8, 4) is 11.1 Å². The van der Waals surface area contributed by atoms with Crippen LogP contribution in [0.3, 0.4) is 0 Å². The van der Waals surface area contributed by atoms with Crippen LogP contribution in [0.1, 0.15) is 118 Å². The molecule has 2 aromatic rings. The molecule has 0 amide bonds. The van der Waals surface area contributed by atoms with E-state index in [4.69, 9.17) is 0 Å². The molecular formula is C33H41Cl2Zr. The van der Waals surface area contributed by atoms with E-state index in [9.17, 15) is 0 Å². The minimum absolute atomic E-state index is 0. The van der Waals surface area contributed by atoms with Crippen LogP contribution in [0.4, 0.5) is 0 Å². The second-order valence-electron chi connectivity index (χ2n) is 13.9. The number of rotatable bonds is 1. The molecule has 3 aliphatic carbocycles. The van der Waals surface area contributed by atoms with Crippen molar-refractivity contribution in [1.29, 1.82) is 0 Å². The standard InChI is InChI=1S/C33H41.2ClH.Zr/c1-19-11-14-24(29(19)32(5,6)7)28-27-25-18-21(31(2,3)4)13-12-20(25)17-26(27)22-15-16-23(22)30(28)33(8,9)10;;;/h11-13,17-18H,14-16H2,1-10H3;2*1H;/q;;;+2/p-2. The molecule has 0 fully saturated rings. The molecule has 3 aliphatic rings. The van der Waals surface area contributed by atoms with Gasteiger partial charge in [-0.1, -0.05) is 0 Å². The average molecular weight is 600 g/mol. The molecule has 0 aromatic heterocycles. The van der Waals surface area contributed by atoms with E-state index in [0.717, 1.165) is 6.42 Å². The molecule has 1 atom stereocenters. The molecular weight excluding hydrogens is 558 g/mol. The van der Waals surface area contributed by atoms with E-state index in [0.29, 0.717) is 3.63 Å². The monoisotopic (exact) mass is 597 g/mol. The van der Waals surface area contributed by atoms with Crippen LogP contribution in [0, 0.1) is 5.41 Å². The van der Waals surface area contributed by atoms with Crippen LogP contribution in [0.15, 0.2) is 35.4 Å². The van der Waals surface area contributed by atoms with Crippen molar-refractivity contribution in [2.24, 2.45) is 5.41 Å². The fraction of sp³-hybridized carbons (Fsp3) is 0.515. The first-order valence-electron chi connectivity index (χ1n) is 13.1. The van der Waals surface area contributed by atoms with Gasteiger partial charge >= 0.3 is 224 Å². The van der Waals surface area contributed by atoms with Crippen molar-refractivity contribution in [1.82, 2.24) is 0 Å². The van der Waals surface area contributed by atoms with Crippen molar-refractivity contribution < 1.29 is 49.5 Å². The largest absolute Gasteiger partial charge is 1.00 e. The summed E-state index contributed by atoms with van der Waals surface area (Å²) in [6, 6.07) is 7.43. The zero-order chi connectivity index (χ0) is 25.0. The summed E-state index contributed by atoms with van der Waals surface area (Å²) in [5.41, 5.74) is 19.6. The summed E-state index contributed by atoms with van der Waals surface area (Å²) in [7, 11) is 0. The van der Waals surface area contributed by atoms with Crippen molar-refractivity contribution in [2.75, 3.05) is 0 Å². The number of halogens is 2. The van der Waals surface area contributed by atoms with Crippen LogP contribution < -0.4 is 24.8 Å². The molecule has 0 N–H and O–H groups in total. The van der Waals surface area contributed by atoms with Crippen molar-refractivity contribution in [3.05, 3.63) is 74.4 Å². The first-order chi connectivity index (χ1) is 15.6. The quantitative estimate of drug-likeness (QED) is 0.473. The Balaban J connectivity index is 0.00000180. The second kappa shape index (κ2) is 9.54. The molecule has 0 radical (unpaired) electrons. The average Bonchev–Trinajstić information content (AvgIpc) is 3.18. The summed E-state index contributed by atoms with van der Waals surface area (Å²) in [4.78, 5) is 0. The number of hydrogen-bond acceptors (Lipinski definition) is 0. The van der Waals surface area contributed by atoms with Gasteiger partial charge in [-0.25, -0.2) is 0 Å². The van der Waals surface area contributed by atoms with E-state index >= 15 is 0 Å². The number of allylic oxidation sites excluding steroid dienone is 4. The summed E-state index contributed by atoms with van der Waals surface area (Å²) in [5, 5.41) is 0. The molecule has 0 bridgehead atoms. The third-order valence-electron chi connectivity index (χ3n) is 8.28. The molecule has 36 heavy (non-hydrogen) atoms. The third kappa shape index (κ3) is 4.48. The molecule has 0 spiro atoms. The Morgan fingerprint density at radius 3 is 1.89 bits per heavy atom. The van der Waals surface area contributed by atoms with Crippen LogP contribution in [0.25, 0.3) is 16.7 Å². The van der Waals surface area contributed by atoms with Gasteiger partial charge in [0.15, 0.2) is 0 Å². The van der Waals surface area contributed by atoms with Gasteiger partial charge in [-0.2, -0.15) is 0 Å². The van der Waals surface area contributed by atoms with E-state index in [1.165, 1.54) is 29.5 Å². The fourth-order valence-corrected chi connectivity index (χ4v) is 8.25. The van der Waals surface area contributed by atoms with Gasteiger partial charge in [-0.3, -0.25) is 0 Å². The fourth-order valence-electron chi connectivity index (χ4n) is 6.85. The summed E-state index contributed by atoms with van der Waals surface area (Å²) in [5.74, 6) is 0. The van der Waals surface area contributed by atoms with E-state index < -0.39 is 0 Å². The molecule has 3 heteroatoms. The second-order valence-corrected chi connectivity index (χ2v) is 15.3. The molecule has 1 unspecified atom stereocenters. The maximum Gasteiger partial charge on any atom is -1.00 e. The number of fused-ring (bicyclic) bond motifs is 5. The molecule has 0 saturated carbocycles. The van der Waals surface area contributed by atoms with Crippen LogP contribution in [-0.4, -0.2) is 0 Å². The minimum atomic E-state index is 0. The molecule has 0 heterocycles. The van der Waals surface area contributed by atoms with Crippen LogP contribution in [-0.2, 0) is 48.4 Å². The maximum absolute atomic E-state index is 2.56. The Morgan fingerprint density at radius 1 is 0.778 bits per heavy atom. The van der Waals surface area contributed by atoms with Gasteiger partial charge in [0.2, 0.25) is 0 Å². The first-order valence-corrected chi connectivity index (χ1v) is 14.5. The zero-order valence-corrected chi connectivity index (χ0v) is 27.7. The van der Waals surface area contributed by atoms with Gasteiger partial charge in [0.05, 0.1) is 0 Å². The van der Waals surface area contributed by atoms with Gasteiger partial charge in [0.1, 0.15) is 0 Å². The summed E-state index contributed by atoms with van der Waals surface area (Å²) in [6.45, 7) is 23.9. The van der Waals surface area contributed by atoms with Crippen LogP contribution in [0.2, 0.25) is 0 Å². The molecule has 191 valence electrons. The summed E-state index contributed by atoms with van der Waals surface area (Å²) >= 11 is 1.63. The van der Waals surface area contributed by atoms with Gasteiger partial charge in [-0.05, 0) is 0 Å². The summed E-state index contributed by atoms with van der Waals surface area (Å²) < 4.78 is 0.571. The molecule has 0 nitrogen and oxygen atoms in total. The molecule has 0 saturated heterocycles. The van der Waals surface area contributed by atoms with Gasteiger partial charge in [0, 0.05) is 0 Å². The topological polar surface area (TPSA) is 0 Å². The molecule has 2 aromatic carbocycles. The summed E-state index contributed by atoms with van der Waals surface area (Å²) in [6.07, 6.45) is 6.07. The Morgan fingerprint density at radius 2 is 1.39 bits per heavy atom. The van der Waals surface area contributed by atoms with Crippen LogP contribution >= 0.6 is 0 Å². The van der Waals surface area contributed by atoms with Crippen molar-refractivity contribution in [3.63, 3.8) is 0 Å². The van der Waals surface area contributed by atoms with Gasteiger partial charge in [0.25, 0.3) is 0 Å². The van der Waals surface area contributed by atoms with E-state index in [2.05, 4.69) is 93.5 Å². The predicted molar refractivity (Wildman–Crippen MR) is 143 cm³/mol. The SMILES string of the molecule is CC1=CCC(c2c3c(c4c(c2C(C)(C)C)CC4)[CH]([Zr+2])c2ccc(C(C)(C)C)cc2-3)=C1C(C)(C)C.[Cl-].[Cl-]. The Kier molecular flexibility index (Phi) is 7.93. The Labute approximate surface area is 247 Å². The Bertz CT molecular complexity index is 1290. The van der Waals surface area contributed by atoms with E-state index in [-0.39, 0.29) is 41.1 Å². The maximum atomic E-state index is 2.56.